The van der Waals surface area contributed by atoms with Gasteiger partial charge in [-0.2, -0.15) is 4.31 Å². The third kappa shape index (κ3) is 3.59. The Labute approximate surface area is 176 Å². The lowest BCUT2D eigenvalue weighted by molar-refractivity contribution is 0.0697. The van der Waals surface area contributed by atoms with Crippen LogP contribution >= 0.6 is 27.5 Å². The summed E-state index contributed by atoms with van der Waals surface area (Å²) in [6.45, 7) is 1.10. The first-order valence-corrected chi connectivity index (χ1v) is 11.1. The predicted octanol–water partition coefficient (Wildman–Crippen LogP) is 2.98. The van der Waals surface area contributed by atoms with Gasteiger partial charge in [0, 0.05) is 36.2 Å². The lowest BCUT2D eigenvalue weighted by Gasteiger charge is -2.34. The van der Waals surface area contributed by atoms with Crippen LogP contribution in [0.3, 0.4) is 0 Å². The van der Waals surface area contributed by atoms with E-state index in [2.05, 4.69) is 15.9 Å². The third-order valence-corrected chi connectivity index (χ3v) is 7.37. The first-order valence-electron chi connectivity index (χ1n) is 8.50. The van der Waals surface area contributed by atoms with Gasteiger partial charge in [-0.25, -0.2) is 8.42 Å². The van der Waals surface area contributed by atoms with Gasteiger partial charge in [0.15, 0.2) is 11.5 Å². The van der Waals surface area contributed by atoms with Crippen LogP contribution < -0.4 is 9.47 Å². The molecule has 28 heavy (non-hydrogen) atoms. The van der Waals surface area contributed by atoms with Gasteiger partial charge in [0.1, 0.15) is 0 Å². The predicted molar refractivity (Wildman–Crippen MR) is 106 cm³/mol. The topological polar surface area (TPSA) is 76.2 Å². The maximum Gasteiger partial charge on any atom is 0.254 e. The molecule has 4 rings (SSSR count). The molecule has 2 aromatic carbocycles. The van der Waals surface area contributed by atoms with E-state index in [0.29, 0.717) is 35.2 Å². The van der Waals surface area contributed by atoms with E-state index in [4.69, 9.17) is 21.1 Å². The van der Waals surface area contributed by atoms with Crippen molar-refractivity contribution in [2.75, 3.05) is 33.0 Å². The summed E-state index contributed by atoms with van der Waals surface area (Å²) in [4.78, 5) is 14.7. The number of sulfonamides is 1. The highest BCUT2D eigenvalue weighted by Crippen LogP contribution is 2.40. The van der Waals surface area contributed by atoms with Crippen molar-refractivity contribution in [1.29, 1.82) is 0 Å². The second-order valence-electron chi connectivity index (χ2n) is 6.34. The second-order valence-corrected chi connectivity index (χ2v) is 9.60. The van der Waals surface area contributed by atoms with Gasteiger partial charge in [-0.05, 0) is 36.4 Å². The van der Waals surface area contributed by atoms with E-state index in [-0.39, 0.29) is 30.7 Å². The fourth-order valence-electron chi connectivity index (χ4n) is 3.16. The number of benzene rings is 2. The van der Waals surface area contributed by atoms with E-state index in [9.17, 15) is 13.2 Å². The number of halogens is 2. The zero-order valence-electron chi connectivity index (χ0n) is 14.6. The van der Waals surface area contributed by atoms with E-state index < -0.39 is 10.0 Å². The largest absolute Gasteiger partial charge is 0.454 e. The zero-order valence-corrected chi connectivity index (χ0v) is 17.8. The van der Waals surface area contributed by atoms with Crippen LogP contribution in [-0.2, 0) is 10.0 Å². The van der Waals surface area contributed by atoms with Crippen LogP contribution in [0.2, 0.25) is 5.02 Å². The highest BCUT2D eigenvalue weighted by molar-refractivity contribution is 9.10. The molecule has 0 unspecified atom stereocenters. The normalized spacial score (nSPS) is 17.0. The summed E-state index contributed by atoms with van der Waals surface area (Å²) in [7, 11) is -3.59. The number of amides is 1. The molecule has 2 aromatic rings. The van der Waals surface area contributed by atoms with E-state index in [1.807, 2.05) is 0 Å². The van der Waals surface area contributed by atoms with Gasteiger partial charge < -0.3 is 14.4 Å². The number of ether oxygens (including phenoxy) is 2. The van der Waals surface area contributed by atoms with Crippen LogP contribution in [0.1, 0.15) is 10.4 Å². The summed E-state index contributed by atoms with van der Waals surface area (Å²) in [6.07, 6.45) is 0. The van der Waals surface area contributed by atoms with E-state index in [1.54, 1.807) is 41.3 Å². The maximum absolute atomic E-state index is 12.8. The molecular weight excluding hydrogens is 472 g/mol. The van der Waals surface area contributed by atoms with E-state index in [1.165, 1.54) is 4.31 Å². The first kappa shape index (κ1) is 19.5. The highest BCUT2D eigenvalue weighted by atomic mass is 79.9. The quantitative estimate of drug-likeness (QED) is 0.665. The molecular formula is C18H16BrClN2O5S. The van der Waals surface area contributed by atoms with Crippen LogP contribution in [0.25, 0.3) is 0 Å². The molecule has 0 N–H and O–H groups in total. The van der Waals surface area contributed by atoms with Crippen molar-refractivity contribution in [2.45, 2.75) is 4.90 Å². The zero-order chi connectivity index (χ0) is 19.9. The van der Waals surface area contributed by atoms with E-state index >= 15 is 0 Å². The summed E-state index contributed by atoms with van der Waals surface area (Å²) < 4.78 is 38.3. The van der Waals surface area contributed by atoms with Crippen molar-refractivity contribution in [2.24, 2.45) is 0 Å². The average molecular weight is 488 g/mol. The summed E-state index contributed by atoms with van der Waals surface area (Å²) in [6, 6.07) is 9.65. The second kappa shape index (κ2) is 7.55. The van der Waals surface area contributed by atoms with Gasteiger partial charge in [-0.1, -0.05) is 27.5 Å². The van der Waals surface area contributed by atoms with E-state index in [0.717, 1.165) is 4.47 Å². The Morgan fingerprint density at radius 1 is 1.04 bits per heavy atom. The lowest BCUT2D eigenvalue weighted by Crippen LogP contribution is -2.50. The van der Waals surface area contributed by atoms with Crippen molar-refractivity contribution >= 4 is 43.5 Å². The molecule has 2 aliphatic heterocycles. The molecule has 7 nitrogen and oxygen atoms in total. The molecule has 2 heterocycles. The van der Waals surface area contributed by atoms with Crippen molar-refractivity contribution < 1.29 is 22.7 Å². The molecule has 1 fully saturated rings. The average Bonchev–Trinajstić information content (AvgIpc) is 3.17. The Balaban J connectivity index is 1.46. The molecule has 0 bridgehead atoms. The summed E-state index contributed by atoms with van der Waals surface area (Å²) in [5.41, 5.74) is 0.387. The molecule has 1 amide bonds. The Kier molecular flexibility index (Phi) is 5.26. The minimum Gasteiger partial charge on any atom is -0.454 e. The van der Waals surface area contributed by atoms with Gasteiger partial charge in [-0.3, -0.25) is 4.79 Å². The number of carbonyl (C=O) groups is 1. The minimum absolute atomic E-state index is 0.0687. The third-order valence-electron chi connectivity index (χ3n) is 4.65. The van der Waals surface area contributed by atoms with Crippen LogP contribution in [-0.4, -0.2) is 56.5 Å². The summed E-state index contributed by atoms with van der Waals surface area (Å²) in [5, 5.41) is 0.315. The molecule has 1 saturated heterocycles. The molecule has 0 aromatic heterocycles. The Bertz CT molecular complexity index is 1020. The highest BCUT2D eigenvalue weighted by Gasteiger charge is 2.31. The SMILES string of the molecule is O=C(c1cc(Cl)c2c(c1)OCO2)N1CCN(S(=O)(=O)c2ccc(Br)cc2)CC1. The van der Waals surface area contributed by atoms with Crippen molar-refractivity contribution in [3.8, 4) is 11.5 Å². The number of fused-ring (bicyclic) bond motifs is 1. The molecule has 0 spiro atoms. The lowest BCUT2D eigenvalue weighted by atomic mass is 10.1. The molecule has 10 heteroatoms. The van der Waals surface area contributed by atoms with Crippen molar-refractivity contribution in [3.05, 3.63) is 51.5 Å². The molecule has 0 atom stereocenters. The van der Waals surface area contributed by atoms with Gasteiger partial charge in [0.25, 0.3) is 5.91 Å². The molecule has 2 aliphatic rings. The van der Waals surface area contributed by atoms with Gasteiger partial charge in [-0.15, -0.1) is 0 Å². The molecule has 0 aliphatic carbocycles. The van der Waals surface area contributed by atoms with Crippen LogP contribution in [0.5, 0.6) is 11.5 Å². The Morgan fingerprint density at radius 3 is 2.39 bits per heavy atom. The smallest absolute Gasteiger partial charge is 0.254 e. The van der Waals surface area contributed by atoms with Gasteiger partial charge in [0.2, 0.25) is 16.8 Å². The summed E-state index contributed by atoms with van der Waals surface area (Å²) in [5.74, 6) is 0.650. The number of piperazine rings is 1. The molecule has 0 saturated carbocycles. The molecule has 148 valence electrons. The monoisotopic (exact) mass is 486 g/mol. The van der Waals surface area contributed by atoms with Crippen molar-refractivity contribution in [1.82, 2.24) is 9.21 Å². The fraction of sp³-hybridized carbons (Fsp3) is 0.278. The number of hydrogen-bond donors (Lipinski definition) is 0. The van der Waals surface area contributed by atoms with Crippen molar-refractivity contribution in [3.63, 3.8) is 0 Å². The number of hydrogen-bond acceptors (Lipinski definition) is 5. The molecule has 0 radical (unpaired) electrons. The van der Waals surface area contributed by atoms with Crippen LogP contribution in [0, 0.1) is 0 Å². The van der Waals surface area contributed by atoms with Gasteiger partial charge >= 0.3 is 0 Å². The Morgan fingerprint density at radius 2 is 1.71 bits per heavy atom. The number of nitrogens with zero attached hydrogens (tertiary/aromatic N) is 2. The van der Waals surface area contributed by atoms with Crippen LogP contribution in [0.4, 0.5) is 0 Å². The summed E-state index contributed by atoms with van der Waals surface area (Å²) >= 11 is 9.45. The number of carbonyl (C=O) groups excluding carboxylic acids is 1. The maximum atomic E-state index is 12.8. The van der Waals surface area contributed by atoms with Gasteiger partial charge in [0.05, 0.1) is 9.92 Å². The Hall–Kier alpha value is -1.81. The standard InChI is InChI=1S/C18H16BrClN2O5S/c19-13-1-3-14(4-2-13)28(24,25)22-7-5-21(6-8-22)18(23)12-9-15(20)17-16(10-12)26-11-27-17/h1-4,9-10H,5-8,11H2. The first-order chi connectivity index (χ1) is 13.4. The minimum atomic E-state index is -3.59. The fourth-order valence-corrected chi connectivity index (χ4v) is 5.11. The van der Waals surface area contributed by atoms with Crippen LogP contribution in [0.15, 0.2) is 45.8 Å². The number of rotatable bonds is 3.